The van der Waals surface area contributed by atoms with Crippen molar-refractivity contribution in [2.45, 2.75) is 19.9 Å². The smallest absolute Gasteiger partial charge is 0.325 e. The summed E-state index contributed by atoms with van der Waals surface area (Å²) < 4.78 is 0. The fourth-order valence-electron chi connectivity index (χ4n) is 1.44. The molecule has 2 N–H and O–H groups in total. The third kappa shape index (κ3) is 2.99. The monoisotopic (exact) mass is 296 g/mol. The fourth-order valence-corrected chi connectivity index (χ4v) is 3.12. The Balaban J connectivity index is 2.21. The van der Waals surface area contributed by atoms with Gasteiger partial charge in [0.1, 0.15) is 15.9 Å². The Morgan fingerprint density at radius 2 is 2.21 bits per heavy atom. The summed E-state index contributed by atoms with van der Waals surface area (Å²) in [6.07, 6.45) is 0. The Morgan fingerprint density at radius 3 is 2.79 bits per heavy atom. The van der Waals surface area contributed by atoms with Gasteiger partial charge in [0.25, 0.3) is 5.91 Å². The van der Waals surface area contributed by atoms with Gasteiger partial charge in [-0.25, -0.2) is 4.98 Å². The third-order valence-electron chi connectivity index (χ3n) is 2.49. The highest BCUT2D eigenvalue weighted by molar-refractivity contribution is 7.17. The molecule has 2 rings (SSSR count). The summed E-state index contributed by atoms with van der Waals surface area (Å²) in [6, 6.07) is 1.02. The molecule has 5 nitrogen and oxygen atoms in total. The molecule has 2 heterocycles. The minimum Gasteiger partial charge on any atom is -0.480 e. The quantitative estimate of drug-likeness (QED) is 0.908. The number of carbonyl (C=O) groups excluding carboxylic acids is 1. The summed E-state index contributed by atoms with van der Waals surface area (Å²) in [4.78, 5) is 27.5. The molecular formula is C12H12N2O3S2. The van der Waals surface area contributed by atoms with Gasteiger partial charge in [-0.15, -0.1) is 11.3 Å². The van der Waals surface area contributed by atoms with E-state index < -0.39 is 17.9 Å². The topological polar surface area (TPSA) is 79.3 Å². The minimum absolute atomic E-state index is 0.397. The van der Waals surface area contributed by atoms with Crippen molar-refractivity contribution in [3.8, 4) is 10.6 Å². The van der Waals surface area contributed by atoms with Gasteiger partial charge in [0, 0.05) is 10.9 Å². The van der Waals surface area contributed by atoms with E-state index in [1.807, 2.05) is 16.8 Å². The predicted molar refractivity (Wildman–Crippen MR) is 74.7 cm³/mol. The molecule has 1 atom stereocenters. The third-order valence-corrected chi connectivity index (χ3v) is 4.38. The lowest BCUT2D eigenvalue weighted by molar-refractivity contribution is -0.138. The van der Waals surface area contributed by atoms with Crippen molar-refractivity contribution >= 4 is 34.6 Å². The Labute approximate surface area is 117 Å². The van der Waals surface area contributed by atoms with E-state index in [1.165, 1.54) is 18.3 Å². The van der Waals surface area contributed by atoms with Crippen LogP contribution < -0.4 is 5.32 Å². The van der Waals surface area contributed by atoms with Crippen molar-refractivity contribution in [2.75, 3.05) is 0 Å². The first-order chi connectivity index (χ1) is 8.99. The number of aromatic nitrogens is 1. The van der Waals surface area contributed by atoms with Gasteiger partial charge in [0.05, 0.1) is 5.69 Å². The Morgan fingerprint density at radius 1 is 1.47 bits per heavy atom. The molecule has 0 aliphatic heterocycles. The first-order valence-electron chi connectivity index (χ1n) is 5.52. The molecule has 0 spiro atoms. The number of hydrogen-bond donors (Lipinski definition) is 2. The number of rotatable bonds is 4. The normalized spacial score (nSPS) is 12.1. The molecule has 100 valence electrons. The summed E-state index contributed by atoms with van der Waals surface area (Å²) in [5.41, 5.74) is 1.59. The van der Waals surface area contributed by atoms with Crippen LogP contribution in [0.25, 0.3) is 10.6 Å². The van der Waals surface area contributed by atoms with Gasteiger partial charge in [0.2, 0.25) is 0 Å². The standard InChI is InChI=1S/C12H12N2O3S2/c1-6-9(10(15)13-7(2)12(16)17)19-11(14-6)8-3-4-18-5-8/h3-5,7H,1-2H3,(H,13,15)(H,16,17)/t7-/m1/s1. The Hall–Kier alpha value is -1.73. The molecule has 2 aromatic rings. The summed E-state index contributed by atoms with van der Waals surface area (Å²) in [6.45, 7) is 3.17. The van der Waals surface area contributed by atoms with Gasteiger partial charge in [-0.1, -0.05) is 0 Å². The molecular weight excluding hydrogens is 284 g/mol. The molecule has 19 heavy (non-hydrogen) atoms. The predicted octanol–water partition coefficient (Wildman–Crippen LogP) is 2.38. The van der Waals surface area contributed by atoms with E-state index in [-0.39, 0.29) is 0 Å². The van der Waals surface area contributed by atoms with Crippen LogP contribution in [0.15, 0.2) is 16.8 Å². The van der Waals surface area contributed by atoms with Crippen LogP contribution in [0.5, 0.6) is 0 Å². The molecule has 0 aliphatic rings. The van der Waals surface area contributed by atoms with Crippen LogP contribution in [-0.2, 0) is 4.79 Å². The van der Waals surface area contributed by atoms with E-state index in [2.05, 4.69) is 10.3 Å². The lowest BCUT2D eigenvalue weighted by atomic mass is 10.3. The van der Waals surface area contributed by atoms with Crippen molar-refractivity contribution in [2.24, 2.45) is 0 Å². The maximum Gasteiger partial charge on any atom is 0.325 e. The number of carbonyl (C=O) groups is 2. The molecule has 0 aromatic carbocycles. The number of aryl methyl sites for hydroxylation is 1. The average molecular weight is 296 g/mol. The van der Waals surface area contributed by atoms with Crippen molar-refractivity contribution in [3.05, 3.63) is 27.4 Å². The zero-order valence-corrected chi connectivity index (χ0v) is 12.0. The number of amides is 1. The van der Waals surface area contributed by atoms with E-state index in [4.69, 9.17) is 5.11 Å². The van der Waals surface area contributed by atoms with Gasteiger partial charge >= 0.3 is 5.97 Å². The van der Waals surface area contributed by atoms with E-state index in [1.54, 1.807) is 18.3 Å². The van der Waals surface area contributed by atoms with Crippen molar-refractivity contribution in [1.29, 1.82) is 0 Å². The number of aliphatic carboxylic acids is 1. The number of hydrogen-bond acceptors (Lipinski definition) is 5. The summed E-state index contributed by atoms with van der Waals surface area (Å²) in [5.74, 6) is -1.46. The average Bonchev–Trinajstić information content (AvgIpc) is 2.96. The minimum atomic E-state index is -1.06. The highest BCUT2D eigenvalue weighted by Gasteiger charge is 2.20. The SMILES string of the molecule is Cc1nc(-c2ccsc2)sc1C(=O)N[C@H](C)C(=O)O. The molecule has 0 unspecified atom stereocenters. The van der Waals surface area contributed by atoms with E-state index in [9.17, 15) is 9.59 Å². The lowest BCUT2D eigenvalue weighted by Gasteiger charge is -2.07. The highest BCUT2D eigenvalue weighted by atomic mass is 32.1. The number of carboxylic acids is 1. The van der Waals surface area contributed by atoms with Crippen molar-refractivity contribution in [1.82, 2.24) is 10.3 Å². The van der Waals surface area contributed by atoms with Crippen molar-refractivity contribution in [3.63, 3.8) is 0 Å². The fraction of sp³-hybridized carbons (Fsp3) is 0.250. The van der Waals surface area contributed by atoms with Crippen LogP contribution in [0.3, 0.4) is 0 Å². The second-order valence-corrected chi connectivity index (χ2v) is 5.76. The first-order valence-corrected chi connectivity index (χ1v) is 7.28. The Kier molecular flexibility index (Phi) is 3.96. The van der Waals surface area contributed by atoms with Crippen LogP contribution in [0.1, 0.15) is 22.3 Å². The Bertz CT molecular complexity index is 605. The maximum absolute atomic E-state index is 12.0. The zero-order valence-electron chi connectivity index (χ0n) is 10.3. The van der Waals surface area contributed by atoms with E-state index >= 15 is 0 Å². The molecule has 0 aliphatic carbocycles. The van der Waals surface area contributed by atoms with Gasteiger partial charge in [-0.05, 0) is 25.3 Å². The van der Waals surface area contributed by atoms with Crippen LogP contribution >= 0.6 is 22.7 Å². The van der Waals surface area contributed by atoms with Gasteiger partial charge in [-0.3, -0.25) is 9.59 Å². The lowest BCUT2D eigenvalue weighted by Crippen LogP contribution is -2.38. The maximum atomic E-state index is 12.0. The number of carboxylic acid groups (broad SMARTS) is 1. The van der Waals surface area contributed by atoms with Crippen LogP contribution in [0, 0.1) is 6.92 Å². The molecule has 0 fully saturated rings. The summed E-state index contributed by atoms with van der Waals surface area (Å²) >= 11 is 2.83. The largest absolute Gasteiger partial charge is 0.480 e. The molecule has 0 saturated heterocycles. The number of nitrogens with zero attached hydrogens (tertiary/aromatic N) is 1. The molecule has 7 heteroatoms. The van der Waals surface area contributed by atoms with Crippen LogP contribution in [0.2, 0.25) is 0 Å². The number of thiophene rings is 1. The van der Waals surface area contributed by atoms with Gasteiger partial charge < -0.3 is 10.4 Å². The van der Waals surface area contributed by atoms with E-state index in [0.717, 1.165) is 10.6 Å². The van der Waals surface area contributed by atoms with Gasteiger partial charge in [-0.2, -0.15) is 11.3 Å². The highest BCUT2D eigenvalue weighted by Crippen LogP contribution is 2.29. The number of thiazole rings is 1. The van der Waals surface area contributed by atoms with Crippen LogP contribution in [0.4, 0.5) is 0 Å². The second-order valence-electron chi connectivity index (χ2n) is 3.98. The summed E-state index contributed by atoms with van der Waals surface area (Å²) in [7, 11) is 0. The van der Waals surface area contributed by atoms with Crippen molar-refractivity contribution < 1.29 is 14.7 Å². The molecule has 0 saturated carbocycles. The molecule has 2 aromatic heterocycles. The van der Waals surface area contributed by atoms with Gasteiger partial charge in [0.15, 0.2) is 0 Å². The zero-order chi connectivity index (χ0) is 14.0. The van der Waals surface area contributed by atoms with Crippen LogP contribution in [-0.4, -0.2) is 28.0 Å². The number of nitrogens with one attached hydrogen (secondary N) is 1. The molecule has 1 amide bonds. The molecule has 0 radical (unpaired) electrons. The summed E-state index contributed by atoms with van der Waals surface area (Å²) in [5, 5.41) is 15.9. The van der Waals surface area contributed by atoms with E-state index in [0.29, 0.717) is 10.6 Å². The molecule has 0 bridgehead atoms. The second kappa shape index (κ2) is 5.50. The first kappa shape index (κ1) is 13.7.